The number of benzene rings is 3. The SMILES string of the molecule is c1ccc(COc2ncc(Nc3ccccc3)cc2-c2cccc3[nH]ccc23)cc1. The van der Waals surface area contributed by atoms with Crippen LogP contribution in [-0.2, 0) is 6.61 Å². The monoisotopic (exact) mass is 391 g/mol. The van der Waals surface area contributed by atoms with E-state index in [0.717, 1.165) is 39.0 Å². The van der Waals surface area contributed by atoms with Crippen LogP contribution in [0.1, 0.15) is 5.56 Å². The minimum absolute atomic E-state index is 0.468. The number of H-pyrrole nitrogens is 1. The van der Waals surface area contributed by atoms with E-state index in [1.165, 1.54) is 0 Å². The number of hydrogen-bond donors (Lipinski definition) is 2. The quantitative estimate of drug-likeness (QED) is 0.345. The fraction of sp³-hybridized carbons (Fsp3) is 0.0385. The second kappa shape index (κ2) is 8.13. The molecule has 0 bridgehead atoms. The predicted molar refractivity (Wildman–Crippen MR) is 122 cm³/mol. The van der Waals surface area contributed by atoms with E-state index >= 15 is 0 Å². The van der Waals surface area contributed by atoms with E-state index in [0.29, 0.717) is 12.5 Å². The van der Waals surface area contributed by atoms with Crippen molar-refractivity contribution in [3.63, 3.8) is 0 Å². The van der Waals surface area contributed by atoms with Crippen LogP contribution in [0.25, 0.3) is 22.0 Å². The number of aromatic amines is 1. The van der Waals surface area contributed by atoms with Crippen molar-refractivity contribution < 1.29 is 4.74 Å². The van der Waals surface area contributed by atoms with Gasteiger partial charge in [0, 0.05) is 28.4 Å². The first-order valence-electron chi connectivity index (χ1n) is 9.92. The molecule has 0 radical (unpaired) electrons. The summed E-state index contributed by atoms with van der Waals surface area (Å²) in [6.07, 6.45) is 3.77. The maximum atomic E-state index is 6.16. The Hall–Kier alpha value is -4.05. The molecule has 4 nitrogen and oxygen atoms in total. The Balaban J connectivity index is 1.55. The number of pyridine rings is 1. The van der Waals surface area contributed by atoms with Gasteiger partial charge in [0.2, 0.25) is 5.88 Å². The number of aromatic nitrogens is 2. The van der Waals surface area contributed by atoms with Crippen molar-refractivity contribution >= 4 is 22.3 Å². The van der Waals surface area contributed by atoms with Crippen molar-refractivity contribution in [3.05, 3.63) is 109 Å². The van der Waals surface area contributed by atoms with Crippen LogP contribution in [0.2, 0.25) is 0 Å². The van der Waals surface area contributed by atoms with E-state index in [4.69, 9.17) is 4.74 Å². The first-order chi connectivity index (χ1) is 14.9. The molecule has 4 heteroatoms. The molecule has 0 amide bonds. The molecule has 2 N–H and O–H groups in total. The predicted octanol–water partition coefficient (Wildman–Crippen LogP) is 6.55. The van der Waals surface area contributed by atoms with E-state index in [1.54, 1.807) is 0 Å². The van der Waals surface area contributed by atoms with Gasteiger partial charge < -0.3 is 15.0 Å². The Labute approximate surface area is 175 Å². The molecule has 5 aromatic rings. The Kier molecular flexibility index (Phi) is 4.88. The molecule has 0 saturated heterocycles. The average Bonchev–Trinajstić information content (AvgIpc) is 3.29. The summed E-state index contributed by atoms with van der Waals surface area (Å²) in [4.78, 5) is 7.95. The van der Waals surface area contributed by atoms with Crippen molar-refractivity contribution in [2.45, 2.75) is 6.61 Å². The molecule has 0 aliphatic rings. The summed E-state index contributed by atoms with van der Waals surface area (Å²) in [6, 6.07) is 30.6. The van der Waals surface area contributed by atoms with Gasteiger partial charge in [-0.05, 0) is 41.5 Å². The largest absolute Gasteiger partial charge is 0.472 e. The lowest BCUT2D eigenvalue weighted by molar-refractivity contribution is 0.295. The van der Waals surface area contributed by atoms with Crippen LogP contribution < -0.4 is 10.1 Å². The third kappa shape index (κ3) is 3.76. The van der Waals surface area contributed by atoms with Crippen LogP contribution in [0.5, 0.6) is 5.88 Å². The topological polar surface area (TPSA) is 49.9 Å². The van der Waals surface area contributed by atoms with Crippen molar-refractivity contribution in [1.82, 2.24) is 9.97 Å². The fourth-order valence-corrected chi connectivity index (χ4v) is 3.56. The molecule has 5 rings (SSSR count). The van der Waals surface area contributed by atoms with Gasteiger partial charge in [-0.3, -0.25) is 0 Å². The van der Waals surface area contributed by atoms with Gasteiger partial charge in [0.15, 0.2) is 0 Å². The summed E-state index contributed by atoms with van der Waals surface area (Å²) in [6.45, 7) is 0.468. The van der Waals surface area contributed by atoms with Gasteiger partial charge in [-0.25, -0.2) is 4.98 Å². The molecular weight excluding hydrogens is 370 g/mol. The Morgan fingerprint density at radius 2 is 1.57 bits per heavy atom. The molecule has 0 unspecified atom stereocenters. The Morgan fingerprint density at radius 1 is 0.767 bits per heavy atom. The van der Waals surface area contributed by atoms with E-state index in [1.807, 2.05) is 67.0 Å². The van der Waals surface area contributed by atoms with E-state index in [9.17, 15) is 0 Å². The fourth-order valence-electron chi connectivity index (χ4n) is 3.56. The number of nitrogens with one attached hydrogen (secondary N) is 2. The number of ether oxygens (including phenoxy) is 1. The van der Waals surface area contributed by atoms with Crippen LogP contribution in [-0.4, -0.2) is 9.97 Å². The molecule has 30 heavy (non-hydrogen) atoms. The number of hydrogen-bond acceptors (Lipinski definition) is 3. The zero-order valence-electron chi connectivity index (χ0n) is 16.4. The third-order valence-corrected chi connectivity index (χ3v) is 5.02. The maximum Gasteiger partial charge on any atom is 0.221 e. The number of anilines is 2. The van der Waals surface area contributed by atoms with Gasteiger partial charge in [0.05, 0.1) is 11.9 Å². The first kappa shape index (κ1) is 18.0. The first-order valence-corrected chi connectivity index (χ1v) is 9.92. The highest BCUT2D eigenvalue weighted by molar-refractivity contribution is 5.96. The van der Waals surface area contributed by atoms with Crippen molar-refractivity contribution in [3.8, 4) is 17.0 Å². The minimum Gasteiger partial charge on any atom is -0.472 e. The molecule has 2 heterocycles. The molecule has 0 spiro atoms. The Bertz CT molecular complexity index is 1260. The third-order valence-electron chi connectivity index (χ3n) is 5.02. The molecular formula is C26H21N3O. The number of para-hydroxylation sites is 1. The van der Waals surface area contributed by atoms with E-state index < -0.39 is 0 Å². The van der Waals surface area contributed by atoms with Gasteiger partial charge >= 0.3 is 0 Å². The molecule has 0 aliphatic heterocycles. The van der Waals surface area contributed by atoms with Crippen molar-refractivity contribution in [2.75, 3.05) is 5.32 Å². The second-order valence-electron chi connectivity index (χ2n) is 7.09. The zero-order chi connectivity index (χ0) is 20.2. The highest BCUT2D eigenvalue weighted by atomic mass is 16.5. The number of fused-ring (bicyclic) bond motifs is 1. The number of rotatable bonds is 6. The molecule has 0 fully saturated rings. The molecule has 0 atom stereocenters. The number of nitrogens with zero attached hydrogens (tertiary/aromatic N) is 1. The lowest BCUT2D eigenvalue weighted by Gasteiger charge is -2.14. The molecule has 0 saturated carbocycles. The van der Waals surface area contributed by atoms with Crippen molar-refractivity contribution in [1.29, 1.82) is 0 Å². The van der Waals surface area contributed by atoms with E-state index in [2.05, 4.69) is 51.7 Å². The molecule has 0 aliphatic carbocycles. The standard InChI is InChI=1S/C26H21N3O/c1-3-8-19(9-4-1)18-30-26-24(22-12-7-13-25-23(22)14-15-27-25)16-21(17-28-26)29-20-10-5-2-6-11-20/h1-17,27,29H,18H2. The van der Waals surface area contributed by atoms with Crippen LogP contribution in [0.15, 0.2) is 103 Å². The summed E-state index contributed by atoms with van der Waals surface area (Å²) in [5.41, 5.74) is 6.16. The summed E-state index contributed by atoms with van der Waals surface area (Å²) < 4.78 is 6.16. The minimum atomic E-state index is 0.468. The maximum absolute atomic E-state index is 6.16. The zero-order valence-corrected chi connectivity index (χ0v) is 16.4. The molecule has 146 valence electrons. The van der Waals surface area contributed by atoms with E-state index in [-0.39, 0.29) is 0 Å². The lowest BCUT2D eigenvalue weighted by Crippen LogP contribution is -2.00. The normalized spacial score (nSPS) is 10.8. The highest BCUT2D eigenvalue weighted by Gasteiger charge is 2.13. The van der Waals surface area contributed by atoms with Gasteiger partial charge in [0.1, 0.15) is 6.61 Å². The Morgan fingerprint density at radius 3 is 2.40 bits per heavy atom. The summed E-state index contributed by atoms with van der Waals surface area (Å²) >= 11 is 0. The van der Waals surface area contributed by atoms with Gasteiger partial charge in [-0.1, -0.05) is 60.7 Å². The smallest absolute Gasteiger partial charge is 0.221 e. The van der Waals surface area contributed by atoms with Crippen LogP contribution in [0.3, 0.4) is 0 Å². The lowest BCUT2D eigenvalue weighted by atomic mass is 10.0. The second-order valence-corrected chi connectivity index (χ2v) is 7.09. The van der Waals surface area contributed by atoms with Gasteiger partial charge in [-0.2, -0.15) is 0 Å². The van der Waals surface area contributed by atoms with Gasteiger partial charge in [-0.15, -0.1) is 0 Å². The van der Waals surface area contributed by atoms with Crippen LogP contribution >= 0.6 is 0 Å². The van der Waals surface area contributed by atoms with Gasteiger partial charge in [0.25, 0.3) is 0 Å². The molecule has 2 aromatic heterocycles. The van der Waals surface area contributed by atoms with Crippen LogP contribution in [0.4, 0.5) is 11.4 Å². The average molecular weight is 391 g/mol. The van der Waals surface area contributed by atoms with Crippen molar-refractivity contribution in [2.24, 2.45) is 0 Å². The summed E-state index contributed by atoms with van der Waals surface area (Å²) in [5.74, 6) is 0.617. The molecule has 3 aromatic carbocycles. The highest BCUT2D eigenvalue weighted by Crippen LogP contribution is 2.36. The summed E-state index contributed by atoms with van der Waals surface area (Å²) in [7, 11) is 0. The summed E-state index contributed by atoms with van der Waals surface area (Å²) in [5, 5.41) is 4.57. The van der Waals surface area contributed by atoms with Crippen LogP contribution in [0, 0.1) is 0 Å².